The Morgan fingerprint density at radius 2 is 1.50 bits per heavy atom. The summed E-state index contributed by atoms with van der Waals surface area (Å²) in [6.45, 7) is 30.6. The minimum Gasteiger partial charge on any atom is -0.413 e. The standard InChI is InChI=1S/C33H60O3Si2/c1-14-23-16-18-26-25-17-15-24-21-33(34,36-38(12,13)30(5,6)7)22-28(35-37(10,11)29(2,3)4)32(24,9)27(25)19-20-31(23,26)8/h15,17,23,26-28,34H,14,16,18-22H2,1-13H3/t23-,26-,27-,28-,31+,32-,33+/m0/s1. The largest absolute Gasteiger partial charge is 0.413 e. The highest BCUT2D eigenvalue weighted by molar-refractivity contribution is 6.74. The Hall–Kier alpha value is -0.206. The van der Waals surface area contributed by atoms with E-state index in [-0.39, 0.29) is 21.6 Å². The third-order valence-electron chi connectivity index (χ3n) is 12.8. The Morgan fingerprint density at radius 3 is 2.05 bits per heavy atom. The maximum absolute atomic E-state index is 12.2. The lowest BCUT2D eigenvalue weighted by atomic mass is 9.49. The molecule has 1 N–H and O–H groups in total. The van der Waals surface area contributed by atoms with Crippen molar-refractivity contribution in [2.75, 3.05) is 0 Å². The summed E-state index contributed by atoms with van der Waals surface area (Å²) in [5.74, 6) is 0.875. The van der Waals surface area contributed by atoms with E-state index in [0.29, 0.717) is 30.1 Å². The van der Waals surface area contributed by atoms with Gasteiger partial charge < -0.3 is 14.0 Å². The first-order valence-corrected chi connectivity index (χ1v) is 21.4. The van der Waals surface area contributed by atoms with Crippen LogP contribution < -0.4 is 0 Å². The van der Waals surface area contributed by atoms with Gasteiger partial charge in [0.2, 0.25) is 0 Å². The molecule has 0 radical (unpaired) electrons. The molecule has 0 heterocycles. The first-order valence-electron chi connectivity index (χ1n) is 15.6. The van der Waals surface area contributed by atoms with Crippen molar-refractivity contribution in [3.63, 3.8) is 0 Å². The Labute approximate surface area is 237 Å². The Bertz CT molecular complexity index is 983. The zero-order valence-corrected chi connectivity index (χ0v) is 29.2. The molecule has 0 spiro atoms. The molecular weight excluding hydrogens is 501 g/mol. The van der Waals surface area contributed by atoms with Crippen molar-refractivity contribution in [3.8, 4) is 0 Å². The van der Waals surface area contributed by atoms with Crippen LogP contribution in [-0.4, -0.2) is 33.6 Å². The monoisotopic (exact) mass is 560 g/mol. The molecule has 7 atom stereocenters. The first-order chi connectivity index (χ1) is 17.1. The fraction of sp³-hybridized carbons (Fsp3) is 0.879. The summed E-state index contributed by atoms with van der Waals surface area (Å²) in [7, 11) is -4.27. The van der Waals surface area contributed by atoms with Crippen molar-refractivity contribution >= 4 is 16.6 Å². The fourth-order valence-corrected chi connectivity index (χ4v) is 11.0. The number of hydrogen-bond donors (Lipinski definition) is 1. The van der Waals surface area contributed by atoms with Crippen LogP contribution in [0.25, 0.3) is 0 Å². The van der Waals surface area contributed by atoms with Crippen LogP contribution in [0.1, 0.15) is 107 Å². The average molecular weight is 561 g/mol. The first kappa shape index (κ1) is 30.7. The minimum atomic E-state index is -2.18. The topological polar surface area (TPSA) is 38.7 Å². The van der Waals surface area contributed by atoms with Gasteiger partial charge in [0.05, 0.1) is 6.10 Å². The van der Waals surface area contributed by atoms with Crippen molar-refractivity contribution in [1.82, 2.24) is 0 Å². The fourth-order valence-electron chi connectivity index (χ4n) is 8.21. The molecule has 38 heavy (non-hydrogen) atoms. The summed E-state index contributed by atoms with van der Waals surface area (Å²) in [5, 5.41) is 12.4. The van der Waals surface area contributed by atoms with E-state index in [0.717, 1.165) is 5.92 Å². The number of hydrogen-bond acceptors (Lipinski definition) is 3. The van der Waals surface area contributed by atoms with E-state index in [1.54, 1.807) is 5.57 Å². The molecule has 0 aliphatic heterocycles. The molecule has 4 aliphatic rings. The van der Waals surface area contributed by atoms with Crippen LogP contribution in [0.5, 0.6) is 0 Å². The van der Waals surface area contributed by atoms with Crippen LogP contribution >= 0.6 is 0 Å². The van der Waals surface area contributed by atoms with Gasteiger partial charge in [-0.1, -0.05) is 92.0 Å². The molecule has 0 unspecified atom stereocenters. The summed E-state index contributed by atoms with van der Waals surface area (Å²) >= 11 is 0. The van der Waals surface area contributed by atoms with Gasteiger partial charge in [0.1, 0.15) is 0 Å². The van der Waals surface area contributed by atoms with E-state index in [1.165, 1.54) is 37.7 Å². The lowest BCUT2D eigenvalue weighted by Gasteiger charge is -2.60. The van der Waals surface area contributed by atoms with E-state index in [9.17, 15) is 5.11 Å². The van der Waals surface area contributed by atoms with Crippen LogP contribution in [0, 0.1) is 28.6 Å². The van der Waals surface area contributed by atoms with Gasteiger partial charge in [0.25, 0.3) is 0 Å². The average Bonchev–Trinajstić information content (AvgIpc) is 3.08. The Morgan fingerprint density at radius 1 is 0.895 bits per heavy atom. The second-order valence-corrected chi connectivity index (χ2v) is 26.5. The van der Waals surface area contributed by atoms with Gasteiger partial charge in [-0.15, -0.1) is 0 Å². The van der Waals surface area contributed by atoms with E-state index >= 15 is 0 Å². The number of rotatable bonds is 5. The number of aliphatic hydroxyl groups is 1. The predicted molar refractivity (Wildman–Crippen MR) is 166 cm³/mol. The molecule has 0 amide bonds. The van der Waals surface area contributed by atoms with Gasteiger partial charge in [-0.2, -0.15) is 0 Å². The van der Waals surface area contributed by atoms with Crippen LogP contribution in [-0.2, 0) is 8.85 Å². The molecule has 0 aromatic carbocycles. The zero-order valence-electron chi connectivity index (χ0n) is 27.2. The predicted octanol–water partition coefficient (Wildman–Crippen LogP) is 9.61. The SMILES string of the molecule is CC[C@H]1CC[C@H]2C3=CC=C4C[C@@](O)(O[Si](C)(C)C(C)(C)C)C[C@H](O[Si](C)(C)C(C)(C)C)[C@]4(C)[C@H]3CC[C@]12C. The molecule has 4 rings (SSSR count). The van der Waals surface area contributed by atoms with Crippen molar-refractivity contribution in [2.24, 2.45) is 28.6 Å². The molecule has 0 aromatic rings. The molecule has 3 nitrogen and oxygen atoms in total. The smallest absolute Gasteiger partial charge is 0.195 e. The Kier molecular flexibility index (Phi) is 7.61. The van der Waals surface area contributed by atoms with Gasteiger partial charge in [0.15, 0.2) is 22.4 Å². The van der Waals surface area contributed by atoms with Crippen molar-refractivity contribution in [3.05, 3.63) is 23.3 Å². The number of fused-ring (bicyclic) bond motifs is 5. The van der Waals surface area contributed by atoms with E-state index in [1.807, 2.05) is 0 Å². The molecule has 5 heteroatoms. The zero-order chi connectivity index (χ0) is 28.7. The van der Waals surface area contributed by atoms with Crippen LogP contribution in [0.3, 0.4) is 0 Å². The molecule has 0 bridgehead atoms. The summed E-state index contributed by atoms with van der Waals surface area (Å²) in [4.78, 5) is 0. The highest BCUT2D eigenvalue weighted by Crippen LogP contribution is 2.66. The van der Waals surface area contributed by atoms with Crippen molar-refractivity contribution < 1.29 is 14.0 Å². The van der Waals surface area contributed by atoms with Gasteiger partial charge in [-0.3, -0.25) is 0 Å². The van der Waals surface area contributed by atoms with E-state index < -0.39 is 22.4 Å². The molecule has 3 saturated carbocycles. The summed E-state index contributed by atoms with van der Waals surface area (Å²) in [6.07, 6.45) is 12.6. The molecule has 3 fully saturated rings. The normalized spacial score (nSPS) is 40.2. The molecule has 0 saturated heterocycles. The van der Waals surface area contributed by atoms with E-state index in [2.05, 4.69) is 101 Å². The quantitative estimate of drug-likeness (QED) is 0.269. The molecule has 218 valence electrons. The minimum absolute atomic E-state index is 0.0411. The van der Waals surface area contributed by atoms with Crippen molar-refractivity contribution in [2.45, 2.75) is 155 Å². The van der Waals surface area contributed by atoms with Gasteiger partial charge in [0, 0.05) is 18.3 Å². The Balaban J connectivity index is 1.78. The van der Waals surface area contributed by atoms with E-state index in [4.69, 9.17) is 8.85 Å². The van der Waals surface area contributed by atoms with Gasteiger partial charge in [-0.05, 0) is 85.1 Å². The molecule has 0 aromatic heterocycles. The maximum atomic E-state index is 12.2. The highest BCUT2D eigenvalue weighted by Gasteiger charge is 2.62. The van der Waals surface area contributed by atoms with Gasteiger partial charge >= 0.3 is 0 Å². The van der Waals surface area contributed by atoms with Crippen LogP contribution in [0.4, 0.5) is 0 Å². The summed E-state index contributed by atoms with van der Waals surface area (Å²) in [6, 6.07) is 0. The second kappa shape index (κ2) is 9.41. The van der Waals surface area contributed by atoms with Crippen LogP contribution in [0.15, 0.2) is 23.3 Å². The number of allylic oxidation sites excluding steroid dienone is 3. The third kappa shape index (κ3) is 4.82. The van der Waals surface area contributed by atoms with Crippen LogP contribution in [0.2, 0.25) is 36.3 Å². The summed E-state index contributed by atoms with van der Waals surface area (Å²) < 4.78 is 14.3. The highest BCUT2D eigenvalue weighted by atomic mass is 28.4. The second-order valence-electron chi connectivity index (χ2n) is 17.0. The third-order valence-corrected chi connectivity index (χ3v) is 21.8. The maximum Gasteiger partial charge on any atom is 0.195 e. The molecule has 4 aliphatic carbocycles. The molecular formula is C33H60O3Si2. The lowest BCUT2D eigenvalue weighted by molar-refractivity contribution is -0.198. The van der Waals surface area contributed by atoms with Gasteiger partial charge in [-0.25, -0.2) is 0 Å². The lowest BCUT2D eigenvalue weighted by Crippen LogP contribution is -2.62. The van der Waals surface area contributed by atoms with Crippen molar-refractivity contribution in [1.29, 1.82) is 0 Å². The summed E-state index contributed by atoms with van der Waals surface area (Å²) in [5.41, 5.74) is 3.40.